The van der Waals surface area contributed by atoms with Crippen LogP contribution in [0.1, 0.15) is 37.6 Å². The van der Waals surface area contributed by atoms with E-state index >= 15 is 0 Å². The topological polar surface area (TPSA) is 26.3 Å². The highest BCUT2D eigenvalue weighted by molar-refractivity contribution is 5.89. The molecule has 18 heavy (non-hydrogen) atoms. The third kappa shape index (κ3) is 5.48. The minimum Gasteiger partial charge on any atom is -0.458 e. The molecule has 0 aromatic heterocycles. The van der Waals surface area contributed by atoms with Crippen molar-refractivity contribution in [3.05, 3.63) is 59.2 Å². The number of rotatable bonds is 5. The summed E-state index contributed by atoms with van der Waals surface area (Å²) in [6.07, 6.45) is 5.01. The molecule has 0 aliphatic carbocycles. The first kappa shape index (κ1) is 14.2. The number of allylic oxidation sites excluding steroid dienone is 3. The fourth-order valence-electron chi connectivity index (χ4n) is 1.37. The first-order chi connectivity index (χ1) is 8.59. The van der Waals surface area contributed by atoms with Gasteiger partial charge in [-0.25, -0.2) is 4.79 Å². The smallest absolute Gasteiger partial charge is 0.338 e. The van der Waals surface area contributed by atoms with Crippen LogP contribution in [0.4, 0.5) is 0 Å². The summed E-state index contributed by atoms with van der Waals surface area (Å²) in [5.74, 6) is -0.276. The van der Waals surface area contributed by atoms with Crippen LogP contribution in [0.15, 0.2) is 53.6 Å². The molecule has 1 aromatic rings. The van der Waals surface area contributed by atoms with Crippen LogP contribution in [0, 0.1) is 0 Å². The van der Waals surface area contributed by atoms with E-state index in [1.54, 1.807) is 12.1 Å². The molecule has 0 aliphatic heterocycles. The molecule has 0 amide bonds. The van der Waals surface area contributed by atoms with Crippen molar-refractivity contribution in [2.45, 2.75) is 27.2 Å². The molecule has 0 saturated heterocycles. The molecule has 0 unspecified atom stereocenters. The predicted octanol–water partition coefficient (Wildman–Crippen LogP) is 4.15. The van der Waals surface area contributed by atoms with Crippen LogP contribution >= 0.6 is 0 Å². The fraction of sp³-hybridized carbons (Fsp3) is 0.312. The van der Waals surface area contributed by atoms with E-state index in [2.05, 4.69) is 19.9 Å². The van der Waals surface area contributed by atoms with Crippen LogP contribution < -0.4 is 0 Å². The number of carbonyl (C=O) groups excluding carboxylic acids is 1. The van der Waals surface area contributed by atoms with E-state index in [1.807, 2.05) is 31.2 Å². The van der Waals surface area contributed by atoms with E-state index in [0.29, 0.717) is 12.2 Å². The highest BCUT2D eigenvalue weighted by Gasteiger charge is 2.03. The highest BCUT2D eigenvalue weighted by Crippen LogP contribution is 2.05. The van der Waals surface area contributed by atoms with Gasteiger partial charge < -0.3 is 4.74 Å². The van der Waals surface area contributed by atoms with Crippen LogP contribution in [0.25, 0.3) is 0 Å². The van der Waals surface area contributed by atoms with Crippen LogP contribution in [-0.2, 0) is 4.74 Å². The van der Waals surface area contributed by atoms with Gasteiger partial charge in [0, 0.05) is 0 Å². The second-order valence-electron chi connectivity index (χ2n) is 4.50. The lowest BCUT2D eigenvalue weighted by atomic mass is 10.1. The molecule has 0 radical (unpaired) electrons. The molecular weight excluding hydrogens is 224 g/mol. The van der Waals surface area contributed by atoms with Crippen LogP contribution in [0.3, 0.4) is 0 Å². The average Bonchev–Trinajstić information content (AvgIpc) is 2.37. The van der Waals surface area contributed by atoms with E-state index in [-0.39, 0.29) is 5.97 Å². The summed E-state index contributed by atoms with van der Waals surface area (Å²) in [5.41, 5.74) is 3.09. The quantitative estimate of drug-likeness (QED) is 0.574. The Morgan fingerprint density at radius 1 is 1.11 bits per heavy atom. The molecule has 0 spiro atoms. The molecular formula is C16H20O2. The normalized spacial score (nSPS) is 10.9. The lowest BCUT2D eigenvalue weighted by Gasteiger charge is -2.02. The molecule has 2 nitrogen and oxygen atoms in total. The Labute approximate surface area is 109 Å². The summed E-state index contributed by atoms with van der Waals surface area (Å²) in [5, 5.41) is 0. The van der Waals surface area contributed by atoms with Crippen molar-refractivity contribution in [1.29, 1.82) is 0 Å². The monoisotopic (exact) mass is 244 g/mol. The number of carbonyl (C=O) groups is 1. The van der Waals surface area contributed by atoms with Gasteiger partial charge >= 0.3 is 5.97 Å². The van der Waals surface area contributed by atoms with Gasteiger partial charge in [-0.05, 0) is 45.4 Å². The van der Waals surface area contributed by atoms with Gasteiger partial charge in [-0.2, -0.15) is 0 Å². The number of ether oxygens (including phenoxy) is 1. The number of benzene rings is 1. The van der Waals surface area contributed by atoms with E-state index in [4.69, 9.17) is 4.74 Å². The van der Waals surface area contributed by atoms with Gasteiger partial charge in [0.05, 0.1) is 5.56 Å². The first-order valence-corrected chi connectivity index (χ1v) is 6.11. The van der Waals surface area contributed by atoms with E-state index < -0.39 is 0 Å². The highest BCUT2D eigenvalue weighted by atomic mass is 16.5. The van der Waals surface area contributed by atoms with Crippen molar-refractivity contribution in [3.63, 3.8) is 0 Å². The van der Waals surface area contributed by atoms with Crippen molar-refractivity contribution in [2.24, 2.45) is 0 Å². The summed E-state index contributed by atoms with van der Waals surface area (Å²) < 4.78 is 5.17. The second kappa shape index (κ2) is 7.49. The lowest BCUT2D eigenvalue weighted by molar-refractivity contribution is 0.0549. The van der Waals surface area contributed by atoms with Crippen molar-refractivity contribution >= 4 is 5.97 Å². The molecule has 0 fully saturated rings. The summed E-state index contributed by atoms with van der Waals surface area (Å²) in [6, 6.07) is 9.03. The molecule has 0 aliphatic rings. The van der Waals surface area contributed by atoms with Gasteiger partial charge in [0.2, 0.25) is 0 Å². The number of hydrogen-bond donors (Lipinski definition) is 0. The van der Waals surface area contributed by atoms with Crippen LogP contribution in [0.2, 0.25) is 0 Å². The average molecular weight is 244 g/mol. The van der Waals surface area contributed by atoms with Gasteiger partial charge in [0.1, 0.15) is 6.61 Å². The van der Waals surface area contributed by atoms with Crippen molar-refractivity contribution in [3.8, 4) is 0 Å². The van der Waals surface area contributed by atoms with Crippen LogP contribution in [-0.4, -0.2) is 12.6 Å². The van der Waals surface area contributed by atoms with Gasteiger partial charge in [-0.1, -0.05) is 35.4 Å². The molecule has 96 valence electrons. The zero-order valence-corrected chi connectivity index (χ0v) is 11.3. The van der Waals surface area contributed by atoms with E-state index in [9.17, 15) is 4.79 Å². The summed E-state index contributed by atoms with van der Waals surface area (Å²) >= 11 is 0. The van der Waals surface area contributed by atoms with E-state index in [1.165, 1.54) is 11.1 Å². The predicted molar refractivity (Wildman–Crippen MR) is 74.5 cm³/mol. The fourth-order valence-corrected chi connectivity index (χ4v) is 1.37. The molecule has 0 heterocycles. The van der Waals surface area contributed by atoms with Gasteiger partial charge in [0.15, 0.2) is 0 Å². The van der Waals surface area contributed by atoms with Gasteiger partial charge in [-0.3, -0.25) is 0 Å². The summed E-state index contributed by atoms with van der Waals surface area (Å²) in [7, 11) is 0. The zero-order chi connectivity index (χ0) is 13.4. The van der Waals surface area contributed by atoms with Gasteiger partial charge in [-0.15, -0.1) is 0 Å². The lowest BCUT2D eigenvalue weighted by Crippen LogP contribution is -2.04. The summed E-state index contributed by atoms with van der Waals surface area (Å²) in [4.78, 5) is 11.6. The third-order valence-electron chi connectivity index (χ3n) is 2.49. The Kier molecular flexibility index (Phi) is 5.92. The molecule has 0 bridgehead atoms. The molecule has 1 rings (SSSR count). The Hall–Kier alpha value is -1.83. The molecule has 0 atom stereocenters. The van der Waals surface area contributed by atoms with Gasteiger partial charge in [0.25, 0.3) is 0 Å². The maximum atomic E-state index is 11.6. The maximum absolute atomic E-state index is 11.6. The SMILES string of the molecule is CC(C)=CC/C(C)=C/COC(=O)c1ccccc1. The van der Waals surface area contributed by atoms with Crippen LogP contribution in [0.5, 0.6) is 0 Å². The first-order valence-electron chi connectivity index (χ1n) is 6.11. The molecule has 0 saturated carbocycles. The number of hydrogen-bond acceptors (Lipinski definition) is 2. The Bertz CT molecular complexity index is 437. The van der Waals surface area contributed by atoms with Crippen molar-refractivity contribution in [1.82, 2.24) is 0 Å². The third-order valence-corrected chi connectivity index (χ3v) is 2.49. The Morgan fingerprint density at radius 3 is 2.39 bits per heavy atom. The Morgan fingerprint density at radius 2 is 1.78 bits per heavy atom. The minimum absolute atomic E-state index is 0.276. The minimum atomic E-state index is -0.276. The van der Waals surface area contributed by atoms with E-state index in [0.717, 1.165) is 6.42 Å². The largest absolute Gasteiger partial charge is 0.458 e. The maximum Gasteiger partial charge on any atom is 0.338 e. The second-order valence-corrected chi connectivity index (χ2v) is 4.50. The molecule has 1 aromatic carbocycles. The Balaban J connectivity index is 2.40. The molecule has 0 N–H and O–H groups in total. The molecule has 2 heteroatoms. The summed E-state index contributed by atoms with van der Waals surface area (Å²) in [6.45, 7) is 6.51. The number of esters is 1. The zero-order valence-electron chi connectivity index (χ0n) is 11.3. The van der Waals surface area contributed by atoms with Crippen molar-refractivity contribution in [2.75, 3.05) is 6.61 Å². The standard InChI is InChI=1S/C16H20O2/c1-13(2)9-10-14(3)11-12-18-16(17)15-7-5-4-6-8-15/h4-9,11H,10,12H2,1-3H3/b14-11+. The van der Waals surface area contributed by atoms with Crippen molar-refractivity contribution < 1.29 is 9.53 Å².